The molecule has 1 saturated carbocycles. The van der Waals surface area contributed by atoms with E-state index in [1.807, 2.05) is 13.8 Å². The zero-order valence-corrected chi connectivity index (χ0v) is 12.3. The number of sulfonamides is 1. The summed E-state index contributed by atoms with van der Waals surface area (Å²) in [6.45, 7) is 3.85. The summed E-state index contributed by atoms with van der Waals surface area (Å²) in [6, 6.07) is 0.0881. The molecule has 1 N–H and O–H groups in total. The van der Waals surface area contributed by atoms with Crippen LogP contribution in [-0.2, 0) is 14.8 Å². The number of carbonyl (C=O) groups excluding carboxylic acids is 1. The molecule has 18 heavy (non-hydrogen) atoms. The zero-order chi connectivity index (χ0) is 13.8. The minimum atomic E-state index is -3.31. The summed E-state index contributed by atoms with van der Waals surface area (Å²) in [5.41, 5.74) is 0. The number of rotatable bonds is 6. The average molecular weight is 276 g/mol. The van der Waals surface area contributed by atoms with Crippen LogP contribution in [0.1, 0.15) is 46.0 Å². The molecular weight excluding hydrogens is 252 g/mol. The number of hydrogen-bond donors (Lipinski definition) is 1. The SMILES string of the molecule is CCC(C)NC(=O)CN(C1CCCC1)S(C)(=O)=O. The first-order valence-corrected chi connectivity index (χ1v) is 8.45. The van der Waals surface area contributed by atoms with Gasteiger partial charge in [-0.2, -0.15) is 4.31 Å². The molecule has 0 heterocycles. The molecule has 1 fully saturated rings. The largest absolute Gasteiger partial charge is 0.353 e. The third-order valence-electron chi connectivity index (χ3n) is 3.48. The molecule has 0 spiro atoms. The van der Waals surface area contributed by atoms with Gasteiger partial charge in [-0.05, 0) is 26.2 Å². The lowest BCUT2D eigenvalue weighted by molar-refractivity contribution is -0.122. The Morgan fingerprint density at radius 1 is 1.39 bits per heavy atom. The molecule has 1 unspecified atom stereocenters. The fourth-order valence-corrected chi connectivity index (χ4v) is 3.38. The second kappa shape index (κ2) is 6.52. The van der Waals surface area contributed by atoms with Gasteiger partial charge in [-0.1, -0.05) is 19.8 Å². The van der Waals surface area contributed by atoms with Crippen molar-refractivity contribution in [3.05, 3.63) is 0 Å². The molecule has 0 aromatic rings. The Hall–Kier alpha value is -0.620. The van der Waals surface area contributed by atoms with Gasteiger partial charge >= 0.3 is 0 Å². The molecule has 6 heteroatoms. The molecule has 0 bridgehead atoms. The number of nitrogens with one attached hydrogen (secondary N) is 1. The van der Waals surface area contributed by atoms with Crippen molar-refractivity contribution in [2.24, 2.45) is 0 Å². The van der Waals surface area contributed by atoms with Crippen LogP contribution >= 0.6 is 0 Å². The highest BCUT2D eigenvalue weighted by Crippen LogP contribution is 2.24. The number of nitrogens with zero attached hydrogens (tertiary/aromatic N) is 1. The molecule has 1 amide bonds. The highest BCUT2D eigenvalue weighted by Gasteiger charge is 2.30. The molecule has 0 aliphatic heterocycles. The summed E-state index contributed by atoms with van der Waals surface area (Å²) in [7, 11) is -3.31. The third kappa shape index (κ3) is 4.57. The van der Waals surface area contributed by atoms with Crippen LogP contribution in [0.3, 0.4) is 0 Å². The van der Waals surface area contributed by atoms with Crippen LogP contribution in [0.5, 0.6) is 0 Å². The summed E-state index contributed by atoms with van der Waals surface area (Å²) in [5.74, 6) is -0.207. The van der Waals surface area contributed by atoms with E-state index in [9.17, 15) is 13.2 Å². The standard InChI is InChI=1S/C12H24N2O3S/c1-4-10(2)13-12(15)9-14(18(3,16)17)11-7-5-6-8-11/h10-11H,4-9H2,1-3H3,(H,13,15). The van der Waals surface area contributed by atoms with Gasteiger partial charge in [0.05, 0.1) is 12.8 Å². The molecular formula is C12H24N2O3S. The Kier molecular flexibility index (Phi) is 5.59. The van der Waals surface area contributed by atoms with Crippen molar-refractivity contribution in [2.45, 2.75) is 58.0 Å². The lowest BCUT2D eigenvalue weighted by Gasteiger charge is -2.26. The van der Waals surface area contributed by atoms with E-state index in [2.05, 4.69) is 5.32 Å². The van der Waals surface area contributed by atoms with Gasteiger partial charge in [0.25, 0.3) is 0 Å². The monoisotopic (exact) mass is 276 g/mol. The number of hydrogen-bond acceptors (Lipinski definition) is 3. The average Bonchev–Trinajstić information content (AvgIpc) is 2.77. The predicted molar refractivity (Wildman–Crippen MR) is 71.7 cm³/mol. The van der Waals surface area contributed by atoms with Crippen molar-refractivity contribution in [3.8, 4) is 0 Å². The summed E-state index contributed by atoms with van der Waals surface area (Å²) in [6.07, 6.45) is 5.84. The topological polar surface area (TPSA) is 66.5 Å². The van der Waals surface area contributed by atoms with Crippen LogP contribution in [0.4, 0.5) is 0 Å². The third-order valence-corrected chi connectivity index (χ3v) is 4.76. The van der Waals surface area contributed by atoms with Crippen LogP contribution in [0.25, 0.3) is 0 Å². The summed E-state index contributed by atoms with van der Waals surface area (Å²) in [5, 5.41) is 2.81. The lowest BCUT2D eigenvalue weighted by Crippen LogP contribution is -2.46. The Morgan fingerprint density at radius 3 is 2.39 bits per heavy atom. The van der Waals surface area contributed by atoms with Gasteiger partial charge in [0.15, 0.2) is 0 Å². The van der Waals surface area contributed by atoms with Crippen LogP contribution in [0, 0.1) is 0 Å². The van der Waals surface area contributed by atoms with Gasteiger partial charge in [-0.15, -0.1) is 0 Å². The van der Waals surface area contributed by atoms with E-state index in [1.54, 1.807) is 0 Å². The highest BCUT2D eigenvalue weighted by atomic mass is 32.2. The summed E-state index contributed by atoms with van der Waals surface area (Å²) < 4.78 is 24.9. The Labute approximate surface area is 110 Å². The fraction of sp³-hybridized carbons (Fsp3) is 0.917. The van der Waals surface area contributed by atoms with Crippen LogP contribution in [0.2, 0.25) is 0 Å². The smallest absolute Gasteiger partial charge is 0.235 e. The molecule has 1 aliphatic carbocycles. The maximum absolute atomic E-state index is 11.8. The van der Waals surface area contributed by atoms with Gasteiger partial charge < -0.3 is 5.32 Å². The van der Waals surface area contributed by atoms with Crippen molar-refractivity contribution in [1.29, 1.82) is 0 Å². The first-order valence-electron chi connectivity index (χ1n) is 6.60. The highest BCUT2D eigenvalue weighted by molar-refractivity contribution is 7.88. The quantitative estimate of drug-likeness (QED) is 0.790. The molecule has 106 valence electrons. The van der Waals surface area contributed by atoms with Crippen molar-refractivity contribution in [1.82, 2.24) is 9.62 Å². The second-order valence-electron chi connectivity index (χ2n) is 5.12. The van der Waals surface area contributed by atoms with Gasteiger partial charge in [0.2, 0.25) is 15.9 Å². The maximum Gasteiger partial charge on any atom is 0.235 e. The van der Waals surface area contributed by atoms with E-state index in [1.165, 1.54) is 10.6 Å². The molecule has 1 rings (SSSR count). The molecule has 0 aromatic heterocycles. The van der Waals surface area contributed by atoms with Gasteiger partial charge in [-0.25, -0.2) is 8.42 Å². The molecule has 0 aromatic carbocycles. The van der Waals surface area contributed by atoms with Crippen molar-refractivity contribution in [2.75, 3.05) is 12.8 Å². The molecule has 0 radical (unpaired) electrons. The Bertz CT molecular complexity index is 375. The van der Waals surface area contributed by atoms with Crippen molar-refractivity contribution < 1.29 is 13.2 Å². The molecule has 0 saturated heterocycles. The first kappa shape index (κ1) is 15.4. The molecule has 1 aliphatic rings. The van der Waals surface area contributed by atoms with Crippen LogP contribution < -0.4 is 5.32 Å². The van der Waals surface area contributed by atoms with E-state index in [-0.39, 0.29) is 24.5 Å². The Balaban J connectivity index is 2.64. The maximum atomic E-state index is 11.8. The summed E-state index contributed by atoms with van der Waals surface area (Å²) in [4.78, 5) is 11.8. The van der Waals surface area contributed by atoms with E-state index >= 15 is 0 Å². The van der Waals surface area contributed by atoms with Gasteiger partial charge in [-0.3, -0.25) is 4.79 Å². The normalized spacial score (nSPS) is 19.1. The fourth-order valence-electron chi connectivity index (χ4n) is 2.27. The van der Waals surface area contributed by atoms with Gasteiger partial charge in [0, 0.05) is 12.1 Å². The van der Waals surface area contributed by atoms with E-state index in [4.69, 9.17) is 0 Å². The summed E-state index contributed by atoms with van der Waals surface area (Å²) >= 11 is 0. The van der Waals surface area contributed by atoms with E-state index in [0.717, 1.165) is 32.1 Å². The van der Waals surface area contributed by atoms with Crippen LogP contribution in [-0.4, -0.2) is 43.5 Å². The second-order valence-corrected chi connectivity index (χ2v) is 7.06. The minimum Gasteiger partial charge on any atom is -0.353 e. The number of carbonyl (C=O) groups is 1. The van der Waals surface area contributed by atoms with Gasteiger partial charge in [0.1, 0.15) is 0 Å². The number of amides is 1. The van der Waals surface area contributed by atoms with Crippen molar-refractivity contribution >= 4 is 15.9 Å². The lowest BCUT2D eigenvalue weighted by atomic mass is 10.2. The minimum absolute atomic E-state index is 0.00248. The Morgan fingerprint density at radius 2 is 1.94 bits per heavy atom. The van der Waals surface area contributed by atoms with Crippen molar-refractivity contribution in [3.63, 3.8) is 0 Å². The van der Waals surface area contributed by atoms with E-state index in [0.29, 0.717) is 0 Å². The molecule has 1 atom stereocenters. The zero-order valence-electron chi connectivity index (χ0n) is 11.5. The molecule has 5 nitrogen and oxygen atoms in total. The predicted octanol–water partition coefficient (Wildman–Crippen LogP) is 1.11. The first-order chi connectivity index (χ1) is 8.34. The van der Waals surface area contributed by atoms with Crippen LogP contribution in [0.15, 0.2) is 0 Å². The van der Waals surface area contributed by atoms with E-state index < -0.39 is 10.0 Å².